The summed E-state index contributed by atoms with van der Waals surface area (Å²) in [6.07, 6.45) is 1.58. The molecule has 3 N–H and O–H groups in total. The number of rotatable bonds is 10. The van der Waals surface area contributed by atoms with Gasteiger partial charge in [-0.15, -0.1) is 0 Å². The summed E-state index contributed by atoms with van der Waals surface area (Å²) in [6, 6.07) is 16.4. The van der Waals surface area contributed by atoms with E-state index in [1.807, 2.05) is 24.3 Å². The van der Waals surface area contributed by atoms with Crippen molar-refractivity contribution in [3.8, 4) is 11.1 Å². The van der Waals surface area contributed by atoms with E-state index < -0.39 is 18.2 Å². The van der Waals surface area contributed by atoms with Crippen molar-refractivity contribution in [3.05, 3.63) is 59.7 Å². The summed E-state index contributed by atoms with van der Waals surface area (Å²) in [6.45, 7) is 0.523. The van der Waals surface area contributed by atoms with Gasteiger partial charge in [0.2, 0.25) is 5.91 Å². The highest BCUT2D eigenvalue weighted by Gasteiger charge is 2.31. The molecule has 0 radical (unpaired) electrons. The van der Waals surface area contributed by atoms with E-state index in [0.29, 0.717) is 12.8 Å². The van der Waals surface area contributed by atoms with Gasteiger partial charge in [-0.3, -0.25) is 4.79 Å². The number of hydrogen-bond donors (Lipinski definition) is 3. The highest BCUT2D eigenvalue weighted by Crippen LogP contribution is 2.44. The first-order valence-electron chi connectivity index (χ1n) is 12.1. The first kappa shape index (κ1) is 24.7. The van der Waals surface area contributed by atoms with Crippen LogP contribution < -0.4 is 10.6 Å². The molecule has 8 nitrogen and oxygen atoms in total. The molecule has 0 spiro atoms. The number of alkyl carbamates (subject to hydrolysis) is 1. The first-order valence-corrected chi connectivity index (χ1v) is 12.1. The van der Waals surface area contributed by atoms with Crippen molar-refractivity contribution >= 4 is 18.0 Å². The van der Waals surface area contributed by atoms with E-state index >= 15 is 0 Å². The molecule has 4 rings (SSSR count). The Kier molecular flexibility index (Phi) is 8.02. The average molecular weight is 481 g/mol. The van der Waals surface area contributed by atoms with Gasteiger partial charge in [0.15, 0.2) is 6.10 Å². The largest absolute Gasteiger partial charge is 0.479 e. The Morgan fingerprint density at radius 1 is 1.03 bits per heavy atom. The SMILES string of the molecule is COC(CCNC(=O)CC1CCC(NC(=O)OCC2c3ccccc3-c3ccccc32)C1)C(=O)O. The molecular weight excluding hydrogens is 448 g/mol. The van der Waals surface area contributed by atoms with Crippen LogP contribution in [0.5, 0.6) is 0 Å². The van der Waals surface area contributed by atoms with Crippen LogP contribution in [0.2, 0.25) is 0 Å². The first-order chi connectivity index (χ1) is 17.0. The van der Waals surface area contributed by atoms with Crippen molar-refractivity contribution in [2.24, 2.45) is 5.92 Å². The van der Waals surface area contributed by atoms with Crippen LogP contribution in [0.1, 0.15) is 49.1 Å². The van der Waals surface area contributed by atoms with Crippen molar-refractivity contribution in [1.29, 1.82) is 0 Å². The maximum absolute atomic E-state index is 12.5. The highest BCUT2D eigenvalue weighted by molar-refractivity contribution is 5.79. The minimum atomic E-state index is -1.04. The second-order valence-electron chi connectivity index (χ2n) is 9.25. The number of hydrogen-bond acceptors (Lipinski definition) is 5. The van der Waals surface area contributed by atoms with E-state index in [1.54, 1.807) is 0 Å². The van der Waals surface area contributed by atoms with Gasteiger partial charge in [0, 0.05) is 38.5 Å². The van der Waals surface area contributed by atoms with Gasteiger partial charge in [0.25, 0.3) is 0 Å². The number of methoxy groups -OCH3 is 1. The zero-order valence-corrected chi connectivity index (χ0v) is 19.9. The second-order valence-corrected chi connectivity index (χ2v) is 9.25. The van der Waals surface area contributed by atoms with E-state index in [4.69, 9.17) is 14.6 Å². The van der Waals surface area contributed by atoms with Gasteiger partial charge in [0.1, 0.15) is 6.61 Å². The van der Waals surface area contributed by atoms with E-state index in [2.05, 4.69) is 34.9 Å². The fourth-order valence-electron chi connectivity index (χ4n) is 5.22. The number of aliphatic carboxylic acids is 1. The second kappa shape index (κ2) is 11.4. The van der Waals surface area contributed by atoms with Gasteiger partial charge < -0.3 is 25.2 Å². The Morgan fingerprint density at radius 2 is 1.69 bits per heavy atom. The van der Waals surface area contributed by atoms with Crippen LogP contribution in [0, 0.1) is 5.92 Å². The molecule has 35 heavy (non-hydrogen) atoms. The molecule has 3 atom stereocenters. The van der Waals surface area contributed by atoms with Gasteiger partial charge in [0.05, 0.1) is 0 Å². The third-order valence-electron chi connectivity index (χ3n) is 6.97. The van der Waals surface area contributed by atoms with Crippen LogP contribution >= 0.6 is 0 Å². The van der Waals surface area contributed by atoms with Crippen molar-refractivity contribution in [2.75, 3.05) is 20.3 Å². The Labute approximate surface area is 205 Å². The lowest BCUT2D eigenvalue weighted by Crippen LogP contribution is -2.34. The minimum absolute atomic E-state index is 0.0201. The van der Waals surface area contributed by atoms with Crippen LogP contribution in [-0.4, -0.2) is 55.5 Å². The zero-order chi connectivity index (χ0) is 24.8. The quantitative estimate of drug-likeness (QED) is 0.478. The fourth-order valence-corrected chi connectivity index (χ4v) is 5.22. The van der Waals surface area contributed by atoms with Crippen LogP contribution in [-0.2, 0) is 19.1 Å². The standard InChI is InChI=1S/C27H32N2O6/c1-34-24(26(31)32)12-13-28-25(30)15-17-10-11-18(14-17)29-27(33)35-16-23-21-8-4-2-6-19(21)20-7-3-5-9-22(20)23/h2-9,17-18,23-24H,10-16H2,1H3,(H,28,30)(H,29,33)(H,31,32). The van der Waals surface area contributed by atoms with Crippen LogP contribution in [0.3, 0.4) is 0 Å². The Hall–Kier alpha value is -3.39. The van der Waals surface area contributed by atoms with E-state index in [9.17, 15) is 14.4 Å². The number of carbonyl (C=O) groups is 3. The van der Waals surface area contributed by atoms with Gasteiger partial charge in [-0.2, -0.15) is 0 Å². The molecule has 2 amide bonds. The number of carboxylic acids is 1. The van der Waals surface area contributed by atoms with Crippen molar-refractivity contribution in [2.45, 2.75) is 50.2 Å². The molecule has 2 aliphatic carbocycles. The predicted octanol–water partition coefficient (Wildman–Crippen LogP) is 3.69. The molecule has 186 valence electrons. The summed E-state index contributed by atoms with van der Waals surface area (Å²) in [5.74, 6) is -0.963. The molecule has 0 bridgehead atoms. The summed E-state index contributed by atoms with van der Waals surface area (Å²) < 4.78 is 10.5. The molecular formula is C27H32N2O6. The highest BCUT2D eigenvalue weighted by atomic mass is 16.5. The normalized spacial score (nSPS) is 19.5. The molecule has 3 unspecified atom stereocenters. The molecule has 1 saturated carbocycles. The average Bonchev–Trinajstić information content (AvgIpc) is 3.42. The molecule has 0 aromatic heterocycles. The summed E-state index contributed by atoms with van der Waals surface area (Å²) >= 11 is 0. The molecule has 1 fully saturated rings. The lowest BCUT2D eigenvalue weighted by atomic mass is 9.98. The Balaban J connectivity index is 1.20. The Bertz CT molecular complexity index is 1030. The summed E-state index contributed by atoms with van der Waals surface area (Å²) in [5.41, 5.74) is 4.73. The molecule has 2 aromatic carbocycles. The molecule has 2 aromatic rings. The molecule has 8 heteroatoms. The molecule has 0 aliphatic heterocycles. The fraction of sp³-hybridized carbons (Fsp3) is 0.444. The lowest BCUT2D eigenvalue weighted by molar-refractivity contribution is -0.149. The monoisotopic (exact) mass is 480 g/mol. The van der Waals surface area contributed by atoms with Crippen LogP contribution in [0.15, 0.2) is 48.5 Å². The van der Waals surface area contributed by atoms with E-state index in [0.717, 1.165) is 12.8 Å². The van der Waals surface area contributed by atoms with E-state index in [1.165, 1.54) is 29.4 Å². The number of carbonyl (C=O) groups excluding carboxylic acids is 2. The summed E-state index contributed by atoms with van der Waals surface area (Å²) in [5, 5.41) is 14.7. The van der Waals surface area contributed by atoms with Gasteiger partial charge in [-0.05, 0) is 47.4 Å². The molecule has 2 aliphatic rings. The topological polar surface area (TPSA) is 114 Å². The third kappa shape index (κ3) is 6.00. The number of carboxylic acid groups (broad SMARTS) is 1. The third-order valence-corrected chi connectivity index (χ3v) is 6.97. The molecule has 0 saturated heterocycles. The van der Waals surface area contributed by atoms with Gasteiger partial charge >= 0.3 is 12.1 Å². The van der Waals surface area contributed by atoms with Gasteiger partial charge in [-0.25, -0.2) is 9.59 Å². The van der Waals surface area contributed by atoms with Crippen molar-refractivity contribution in [1.82, 2.24) is 10.6 Å². The van der Waals surface area contributed by atoms with Crippen molar-refractivity contribution in [3.63, 3.8) is 0 Å². The van der Waals surface area contributed by atoms with Crippen LogP contribution in [0.25, 0.3) is 11.1 Å². The maximum atomic E-state index is 12.5. The number of nitrogens with one attached hydrogen (secondary N) is 2. The zero-order valence-electron chi connectivity index (χ0n) is 19.9. The predicted molar refractivity (Wildman–Crippen MR) is 130 cm³/mol. The van der Waals surface area contributed by atoms with Crippen LogP contribution in [0.4, 0.5) is 4.79 Å². The number of ether oxygens (including phenoxy) is 2. The van der Waals surface area contributed by atoms with E-state index in [-0.39, 0.29) is 43.4 Å². The van der Waals surface area contributed by atoms with Crippen molar-refractivity contribution < 1.29 is 29.0 Å². The maximum Gasteiger partial charge on any atom is 0.407 e. The Morgan fingerprint density at radius 3 is 2.31 bits per heavy atom. The lowest BCUT2D eigenvalue weighted by Gasteiger charge is -2.17. The molecule has 0 heterocycles. The minimum Gasteiger partial charge on any atom is -0.479 e. The number of fused-ring (bicyclic) bond motifs is 3. The van der Waals surface area contributed by atoms with Gasteiger partial charge in [-0.1, -0.05) is 48.5 Å². The summed E-state index contributed by atoms with van der Waals surface area (Å²) in [4.78, 5) is 35.7. The number of amides is 2. The number of benzene rings is 2. The smallest absolute Gasteiger partial charge is 0.407 e. The summed E-state index contributed by atoms with van der Waals surface area (Å²) in [7, 11) is 1.34.